The molecule has 1 unspecified atom stereocenters. The number of nitrogens with one attached hydrogen (secondary N) is 1. The van der Waals surface area contributed by atoms with Crippen molar-refractivity contribution >= 4 is 5.97 Å². The molecule has 0 bridgehead atoms. The van der Waals surface area contributed by atoms with E-state index in [9.17, 15) is 4.79 Å². The summed E-state index contributed by atoms with van der Waals surface area (Å²) in [6, 6.07) is 0.488. The van der Waals surface area contributed by atoms with E-state index >= 15 is 0 Å². The first kappa shape index (κ1) is 17.4. The molecule has 118 valence electrons. The number of carbonyl (C=O) groups is 1. The second kappa shape index (κ2) is 9.32. The van der Waals surface area contributed by atoms with Gasteiger partial charge in [0.25, 0.3) is 0 Å². The molecule has 5 nitrogen and oxygen atoms in total. The van der Waals surface area contributed by atoms with Gasteiger partial charge in [0.05, 0.1) is 6.61 Å². The Morgan fingerprint density at radius 3 is 2.50 bits per heavy atom. The summed E-state index contributed by atoms with van der Waals surface area (Å²) < 4.78 is 5.17. The van der Waals surface area contributed by atoms with Crippen molar-refractivity contribution in [3.05, 3.63) is 0 Å². The number of piperidine rings is 1. The van der Waals surface area contributed by atoms with E-state index < -0.39 is 0 Å². The van der Waals surface area contributed by atoms with Gasteiger partial charge in [0.15, 0.2) is 0 Å². The Balaban J connectivity index is 2.43. The zero-order valence-corrected chi connectivity index (χ0v) is 13.5. The number of likely N-dealkylation sites (tertiary alicyclic amines) is 1. The number of ether oxygens (including phenoxy) is 1. The minimum absolute atomic E-state index is 0.115. The SMILES string of the molecule is CCCNC(CN1CCC(N(C)C)CC1)C(=O)OCC. The van der Waals surface area contributed by atoms with Gasteiger partial charge < -0.3 is 19.9 Å². The van der Waals surface area contributed by atoms with Gasteiger partial charge in [0.2, 0.25) is 0 Å². The molecule has 0 aromatic rings. The maximum Gasteiger partial charge on any atom is 0.324 e. The van der Waals surface area contributed by atoms with Crippen LogP contribution in [0.1, 0.15) is 33.1 Å². The lowest BCUT2D eigenvalue weighted by Crippen LogP contribution is -2.50. The van der Waals surface area contributed by atoms with Crippen molar-refractivity contribution in [1.82, 2.24) is 15.1 Å². The Hall–Kier alpha value is -0.650. The molecule has 0 spiro atoms. The fraction of sp³-hybridized carbons (Fsp3) is 0.933. The fourth-order valence-corrected chi connectivity index (χ4v) is 2.66. The van der Waals surface area contributed by atoms with Gasteiger partial charge in [-0.3, -0.25) is 4.79 Å². The minimum atomic E-state index is -0.189. The van der Waals surface area contributed by atoms with Crippen LogP contribution in [0.15, 0.2) is 0 Å². The van der Waals surface area contributed by atoms with Crippen LogP contribution in [-0.2, 0) is 9.53 Å². The molecule has 1 N–H and O–H groups in total. The van der Waals surface area contributed by atoms with Crippen LogP contribution in [0.4, 0.5) is 0 Å². The van der Waals surface area contributed by atoms with Crippen LogP contribution in [0, 0.1) is 0 Å². The Bertz CT molecular complexity index is 276. The summed E-state index contributed by atoms with van der Waals surface area (Å²) in [4.78, 5) is 16.7. The molecule has 1 saturated heterocycles. The summed E-state index contributed by atoms with van der Waals surface area (Å²) in [5, 5.41) is 3.31. The lowest BCUT2D eigenvalue weighted by atomic mass is 10.0. The molecular formula is C15H31N3O2. The highest BCUT2D eigenvalue weighted by atomic mass is 16.5. The molecule has 0 aromatic heterocycles. The van der Waals surface area contributed by atoms with Crippen LogP contribution < -0.4 is 5.32 Å². The van der Waals surface area contributed by atoms with Gasteiger partial charge >= 0.3 is 5.97 Å². The monoisotopic (exact) mass is 285 g/mol. The van der Waals surface area contributed by atoms with E-state index in [1.807, 2.05) is 6.92 Å². The normalized spacial score (nSPS) is 19.2. The van der Waals surface area contributed by atoms with Crippen LogP contribution in [0.3, 0.4) is 0 Å². The van der Waals surface area contributed by atoms with Gasteiger partial charge in [0.1, 0.15) is 6.04 Å². The Labute approximate surface area is 123 Å². The zero-order chi connectivity index (χ0) is 15.0. The molecule has 1 fully saturated rings. The van der Waals surface area contributed by atoms with Crippen molar-refractivity contribution in [3.8, 4) is 0 Å². The lowest BCUT2D eigenvalue weighted by Gasteiger charge is -2.36. The van der Waals surface area contributed by atoms with Gasteiger partial charge in [-0.1, -0.05) is 6.92 Å². The molecular weight excluding hydrogens is 254 g/mol. The second-order valence-corrected chi connectivity index (χ2v) is 5.75. The Morgan fingerprint density at radius 1 is 1.35 bits per heavy atom. The van der Waals surface area contributed by atoms with E-state index in [0.29, 0.717) is 12.6 Å². The number of hydrogen-bond donors (Lipinski definition) is 1. The molecule has 0 aliphatic carbocycles. The average molecular weight is 285 g/mol. The summed E-state index contributed by atoms with van der Waals surface area (Å²) >= 11 is 0. The molecule has 1 aliphatic rings. The predicted octanol–water partition coefficient (Wildman–Crippen LogP) is 0.944. The number of rotatable bonds is 8. The van der Waals surface area contributed by atoms with Gasteiger partial charge in [0, 0.05) is 12.6 Å². The maximum absolute atomic E-state index is 12.0. The molecule has 0 amide bonds. The molecule has 1 heterocycles. The molecule has 1 aliphatic heterocycles. The molecule has 5 heteroatoms. The number of carbonyl (C=O) groups excluding carboxylic acids is 1. The van der Waals surface area contributed by atoms with Gasteiger partial charge in [-0.2, -0.15) is 0 Å². The largest absolute Gasteiger partial charge is 0.465 e. The smallest absolute Gasteiger partial charge is 0.324 e. The summed E-state index contributed by atoms with van der Waals surface area (Å²) in [7, 11) is 4.29. The number of hydrogen-bond acceptors (Lipinski definition) is 5. The third kappa shape index (κ3) is 5.77. The molecule has 20 heavy (non-hydrogen) atoms. The van der Waals surface area contributed by atoms with E-state index in [0.717, 1.165) is 32.6 Å². The average Bonchev–Trinajstić information content (AvgIpc) is 2.44. The predicted molar refractivity (Wildman–Crippen MR) is 81.9 cm³/mol. The number of nitrogens with zero attached hydrogens (tertiary/aromatic N) is 2. The molecule has 1 rings (SSSR count). The van der Waals surface area contributed by atoms with E-state index in [-0.39, 0.29) is 12.0 Å². The van der Waals surface area contributed by atoms with E-state index in [1.165, 1.54) is 12.8 Å². The highest BCUT2D eigenvalue weighted by molar-refractivity contribution is 5.76. The summed E-state index contributed by atoms with van der Waals surface area (Å²) in [5.41, 5.74) is 0. The molecule has 1 atom stereocenters. The molecule has 0 saturated carbocycles. The first-order chi connectivity index (χ1) is 9.58. The second-order valence-electron chi connectivity index (χ2n) is 5.75. The van der Waals surface area contributed by atoms with Crippen LogP contribution >= 0.6 is 0 Å². The Kier molecular flexibility index (Phi) is 8.11. The van der Waals surface area contributed by atoms with Crippen LogP contribution in [0.5, 0.6) is 0 Å². The lowest BCUT2D eigenvalue weighted by molar-refractivity contribution is -0.146. The zero-order valence-electron chi connectivity index (χ0n) is 13.5. The molecule has 0 aromatic carbocycles. The molecule has 0 radical (unpaired) electrons. The fourth-order valence-electron chi connectivity index (χ4n) is 2.66. The minimum Gasteiger partial charge on any atom is -0.465 e. The van der Waals surface area contributed by atoms with Gasteiger partial charge in [-0.25, -0.2) is 0 Å². The highest BCUT2D eigenvalue weighted by Crippen LogP contribution is 2.14. The van der Waals surface area contributed by atoms with Crippen LogP contribution in [-0.4, -0.2) is 74.7 Å². The van der Waals surface area contributed by atoms with Crippen LogP contribution in [0.2, 0.25) is 0 Å². The van der Waals surface area contributed by atoms with E-state index in [1.54, 1.807) is 0 Å². The third-order valence-electron chi connectivity index (χ3n) is 3.94. The quantitative estimate of drug-likeness (QED) is 0.673. The van der Waals surface area contributed by atoms with Crippen molar-refractivity contribution in [3.63, 3.8) is 0 Å². The Morgan fingerprint density at radius 2 is 2.00 bits per heavy atom. The number of esters is 1. The highest BCUT2D eigenvalue weighted by Gasteiger charge is 2.26. The third-order valence-corrected chi connectivity index (χ3v) is 3.94. The van der Waals surface area contributed by atoms with Crippen molar-refractivity contribution in [1.29, 1.82) is 0 Å². The van der Waals surface area contributed by atoms with Gasteiger partial charge in [-0.15, -0.1) is 0 Å². The van der Waals surface area contributed by atoms with Crippen molar-refractivity contribution in [2.45, 2.75) is 45.2 Å². The first-order valence-electron chi connectivity index (χ1n) is 7.87. The summed E-state index contributed by atoms with van der Waals surface area (Å²) in [6.07, 6.45) is 3.38. The standard InChI is InChI=1S/C15H31N3O2/c1-5-9-16-14(15(19)20-6-2)12-18-10-7-13(8-11-18)17(3)4/h13-14,16H,5-12H2,1-4H3. The topological polar surface area (TPSA) is 44.8 Å². The van der Waals surface area contributed by atoms with E-state index in [4.69, 9.17) is 4.74 Å². The maximum atomic E-state index is 12.0. The van der Waals surface area contributed by atoms with Gasteiger partial charge in [-0.05, 0) is 59.9 Å². The van der Waals surface area contributed by atoms with E-state index in [2.05, 4.69) is 36.1 Å². The van der Waals surface area contributed by atoms with Crippen molar-refractivity contribution < 1.29 is 9.53 Å². The van der Waals surface area contributed by atoms with Crippen molar-refractivity contribution in [2.75, 3.05) is 46.9 Å². The van der Waals surface area contributed by atoms with Crippen molar-refractivity contribution in [2.24, 2.45) is 0 Å². The summed E-state index contributed by atoms with van der Waals surface area (Å²) in [6.45, 7) is 8.16. The van der Waals surface area contributed by atoms with Crippen LogP contribution in [0.25, 0.3) is 0 Å². The first-order valence-corrected chi connectivity index (χ1v) is 7.87. The summed E-state index contributed by atoms with van der Waals surface area (Å²) in [5.74, 6) is -0.115.